The summed E-state index contributed by atoms with van der Waals surface area (Å²) in [4.78, 5) is 24.2. The SMILES string of the molecule is O=C(COC(=O)c1ccc(NC(=S)Nc2ccccc2)cc1)Nc1cc(C(F)(F)F)ccc1Cl. The van der Waals surface area contributed by atoms with Gasteiger partial charge in [-0.1, -0.05) is 29.8 Å². The number of halogens is 4. The Kier molecular flexibility index (Phi) is 8.08. The molecule has 0 unspecified atom stereocenters. The maximum absolute atomic E-state index is 12.8. The molecule has 0 fully saturated rings. The predicted molar refractivity (Wildman–Crippen MR) is 128 cm³/mol. The van der Waals surface area contributed by atoms with Crippen molar-refractivity contribution in [2.24, 2.45) is 0 Å². The molecule has 0 atom stereocenters. The van der Waals surface area contributed by atoms with Crippen LogP contribution in [0, 0.1) is 0 Å². The Labute approximate surface area is 203 Å². The van der Waals surface area contributed by atoms with Gasteiger partial charge in [-0.25, -0.2) is 4.79 Å². The Bertz CT molecular complexity index is 1190. The smallest absolute Gasteiger partial charge is 0.416 e. The fraction of sp³-hybridized carbons (Fsp3) is 0.0870. The fourth-order valence-electron chi connectivity index (χ4n) is 2.70. The van der Waals surface area contributed by atoms with Crippen LogP contribution >= 0.6 is 23.8 Å². The molecule has 1 amide bonds. The molecule has 3 aromatic carbocycles. The first kappa shape index (κ1) is 25.0. The number of nitrogens with one attached hydrogen (secondary N) is 3. The minimum Gasteiger partial charge on any atom is -0.452 e. The van der Waals surface area contributed by atoms with Gasteiger partial charge in [-0.3, -0.25) is 4.79 Å². The van der Waals surface area contributed by atoms with Crippen molar-refractivity contribution in [3.05, 3.63) is 88.9 Å². The third-order valence-electron chi connectivity index (χ3n) is 4.31. The molecule has 3 aromatic rings. The molecule has 0 spiro atoms. The van der Waals surface area contributed by atoms with E-state index in [1.807, 2.05) is 30.3 Å². The molecule has 6 nitrogen and oxygen atoms in total. The molecule has 0 bridgehead atoms. The molecule has 0 heterocycles. The largest absolute Gasteiger partial charge is 0.452 e. The summed E-state index contributed by atoms with van der Waals surface area (Å²) in [5.41, 5.74) is 0.369. The van der Waals surface area contributed by atoms with Gasteiger partial charge in [0.15, 0.2) is 11.7 Å². The third kappa shape index (κ3) is 7.19. The summed E-state index contributed by atoms with van der Waals surface area (Å²) >= 11 is 11.1. The number of anilines is 3. The van der Waals surface area contributed by atoms with Crippen LogP contribution in [0.4, 0.5) is 30.2 Å². The van der Waals surface area contributed by atoms with Gasteiger partial charge in [-0.05, 0) is 66.8 Å². The number of hydrogen-bond donors (Lipinski definition) is 3. The number of para-hydroxylation sites is 1. The van der Waals surface area contributed by atoms with E-state index in [0.29, 0.717) is 16.9 Å². The minimum atomic E-state index is -4.60. The summed E-state index contributed by atoms with van der Waals surface area (Å²) < 4.78 is 43.4. The van der Waals surface area contributed by atoms with Crippen LogP contribution in [0.1, 0.15) is 15.9 Å². The average Bonchev–Trinajstić information content (AvgIpc) is 2.79. The molecule has 0 radical (unpaired) electrons. The molecular weight excluding hydrogens is 491 g/mol. The maximum Gasteiger partial charge on any atom is 0.416 e. The fourth-order valence-corrected chi connectivity index (χ4v) is 3.10. The van der Waals surface area contributed by atoms with E-state index < -0.39 is 30.2 Å². The standard InChI is InChI=1S/C23H17ClF3N3O3S/c24-18-11-8-15(23(25,26)27)12-19(18)30-20(31)13-33-21(32)14-6-9-17(10-7-14)29-22(34)28-16-4-2-1-3-5-16/h1-12H,13H2,(H,30,31)(H2,28,29,34). The highest BCUT2D eigenvalue weighted by Gasteiger charge is 2.31. The Hall–Kier alpha value is -3.63. The number of thiocarbonyl (C=S) groups is 1. The topological polar surface area (TPSA) is 79.5 Å². The first-order valence-corrected chi connectivity index (χ1v) is 10.5. The maximum atomic E-state index is 12.8. The molecule has 0 saturated carbocycles. The number of carbonyl (C=O) groups is 2. The van der Waals surface area contributed by atoms with Crippen molar-refractivity contribution in [1.82, 2.24) is 0 Å². The Morgan fingerprint density at radius 1 is 0.882 bits per heavy atom. The molecule has 3 rings (SSSR count). The van der Waals surface area contributed by atoms with E-state index in [-0.39, 0.29) is 16.3 Å². The third-order valence-corrected chi connectivity index (χ3v) is 4.85. The van der Waals surface area contributed by atoms with Gasteiger partial charge in [-0.15, -0.1) is 0 Å². The van der Waals surface area contributed by atoms with Crippen LogP contribution in [-0.2, 0) is 15.7 Å². The Balaban J connectivity index is 1.51. The molecule has 0 aliphatic rings. The zero-order valence-electron chi connectivity index (χ0n) is 17.3. The van der Waals surface area contributed by atoms with Crippen LogP contribution < -0.4 is 16.0 Å². The normalized spacial score (nSPS) is 10.8. The lowest BCUT2D eigenvalue weighted by Crippen LogP contribution is -2.21. The van der Waals surface area contributed by atoms with Crippen molar-refractivity contribution in [3.63, 3.8) is 0 Å². The van der Waals surface area contributed by atoms with Gasteiger partial charge in [0.1, 0.15) is 0 Å². The van der Waals surface area contributed by atoms with E-state index in [1.165, 1.54) is 12.1 Å². The number of rotatable bonds is 6. The quantitative estimate of drug-likeness (QED) is 0.282. The molecule has 3 N–H and O–H groups in total. The van der Waals surface area contributed by atoms with Crippen molar-refractivity contribution in [2.75, 3.05) is 22.6 Å². The minimum absolute atomic E-state index is 0.0876. The zero-order chi connectivity index (χ0) is 24.7. The summed E-state index contributed by atoms with van der Waals surface area (Å²) in [5.74, 6) is -1.63. The van der Waals surface area contributed by atoms with Crippen LogP contribution in [0.15, 0.2) is 72.8 Å². The zero-order valence-corrected chi connectivity index (χ0v) is 18.9. The van der Waals surface area contributed by atoms with E-state index in [0.717, 1.165) is 17.8 Å². The van der Waals surface area contributed by atoms with Gasteiger partial charge in [0, 0.05) is 11.4 Å². The second-order valence-electron chi connectivity index (χ2n) is 6.84. The summed E-state index contributed by atoms with van der Waals surface area (Å²) in [6, 6.07) is 17.9. The Morgan fingerprint density at radius 2 is 1.50 bits per heavy atom. The Morgan fingerprint density at radius 3 is 2.12 bits per heavy atom. The highest BCUT2D eigenvalue weighted by Crippen LogP contribution is 2.33. The number of ether oxygens (including phenoxy) is 1. The molecule has 0 saturated heterocycles. The van der Waals surface area contributed by atoms with Crippen molar-refractivity contribution >= 4 is 57.9 Å². The van der Waals surface area contributed by atoms with Crippen LogP contribution in [0.3, 0.4) is 0 Å². The predicted octanol–water partition coefficient (Wildman–Crippen LogP) is 5.96. The monoisotopic (exact) mass is 507 g/mol. The molecule has 11 heteroatoms. The summed E-state index contributed by atoms with van der Waals surface area (Å²) in [6.07, 6.45) is -4.60. The van der Waals surface area contributed by atoms with Crippen LogP contribution in [0.25, 0.3) is 0 Å². The second-order valence-corrected chi connectivity index (χ2v) is 7.65. The number of hydrogen-bond acceptors (Lipinski definition) is 4. The first-order chi connectivity index (χ1) is 16.1. The lowest BCUT2D eigenvalue weighted by Gasteiger charge is -2.12. The highest BCUT2D eigenvalue weighted by molar-refractivity contribution is 7.80. The summed E-state index contributed by atoms with van der Waals surface area (Å²) in [6.45, 7) is -0.712. The van der Waals surface area contributed by atoms with Crippen molar-refractivity contribution < 1.29 is 27.5 Å². The van der Waals surface area contributed by atoms with Crippen molar-refractivity contribution in [3.8, 4) is 0 Å². The van der Waals surface area contributed by atoms with Crippen molar-refractivity contribution in [1.29, 1.82) is 0 Å². The van der Waals surface area contributed by atoms with Gasteiger partial charge in [0.2, 0.25) is 0 Å². The molecular formula is C23H17ClF3N3O3S. The lowest BCUT2D eigenvalue weighted by atomic mass is 10.2. The molecule has 34 heavy (non-hydrogen) atoms. The van der Waals surface area contributed by atoms with Crippen LogP contribution in [0.5, 0.6) is 0 Å². The van der Waals surface area contributed by atoms with Crippen LogP contribution in [0.2, 0.25) is 5.02 Å². The number of amides is 1. The van der Waals surface area contributed by atoms with E-state index in [4.69, 9.17) is 28.6 Å². The number of esters is 1. The van der Waals surface area contributed by atoms with Gasteiger partial charge < -0.3 is 20.7 Å². The van der Waals surface area contributed by atoms with Gasteiger partial charge in [0.25, 0.3) is 5.91 Å². The van der Waals surface area contributed by atoms with E-state index >= 15 is 0 Å². The number of alkyl halides is 3. The van der Waals surface area contributed by atoms with E-state index in [1.54, 1.807) is 12.1 Å². The second kappa shape index (κ2) is 11.0. The molecule has 176 valence electrons. The van der Waals surface area contributed by atoms with Gasteiger partial charge in [-0.2, -0.15) is 13.2 Å². The number of carbonyl (C=O) groups excluding carboxylic acids is 2. The lowest BCUT2D eigenvalue weighted by molar-refractivity contribution is -0.137. The van der Waals surface area contributed by atoms with Crippen molar-refractivity contribution in [2.45, 2.75) is 6.18 Å². The molecule has 0 aliphatic heterocycles. The van der Waals surface area contributed by atoms with E-state index in [2.05, 4.69) is 16.0 Å². The molecule has 0 aliphatic carbocycles. The molecule has 0 aromatic heterocycles. The summed E-state index contributed by atoms with van der Waals surface area (Å²) in [7, 11) is 0. The van der Waals surface area contributed by atoms with Gasteiger partial charge in [0.05, 0.1) is 21.8 Å². The van der Waals surface area contributed by atoms with Crippen LogP contribution in [-0.4, -0.2) is 23.6 Å². The first-order valence-electron chi connectivity index (χ1n) is 9.68. The highest BCUT2D eigenvalue weighted by atomic mass is 35.5. The van der Waals surface area contributed by atoms with Gasteiger partial charge >= 0.3 is 12.1 Å². The summed E-state index contributed by atoms with van der Waals surface area (Å²) in [5, 5.41) is 8.44. The average molecular weight is 508 g/mol. The number of benzene rings is 3. The van der Waals surface area contributed by atoms with E-state index in [9.17, 15) is 22.8 Å².